The van der Waals surface area contributed by atoms with Crippen molar-refractivity contribution in [1.82, 2.24) is 0 Å². The highest BCUT2D eigenvalue weighted by Gasteiger charge is 1.92. The van der Waals surface area contributed by atoms with Gasteiger partial charge in [0.15, 0.2) is 0 Å². The van der Waals surface area contributed by atoms with Gasteiger partial charge in [0, 0.05) is 6.54 Å². The zero-order chi connectivity index (χ0) is 9.94. The van der Waals surface area contributed by atoms with Crippen LogP contribution >= 0.6 is 0 Å². The summed E-state index contributed by atoms with van der Waals surface area (Å²) >= 11 is 0. The molecule has 3 heteroatoms. The summed E-state index contributed by atoms with van der Waals surface area (Å²) in [6.07, 6.45) is 0.316. The average Bonchev–Trinajstić information content (AvgIpc) is 2.22. The summed E-state index contributed by atoms with van der Waals surface area (Å²) < 4.78 is 4.27. The zero-order valence-corrected chi connectivity index (χ0v) is 7.77. The van der Waals surface area contributed by atoms with Crippen molar-refractivity contribution in [3.63, 3.8) is 0 Å². The second kappa shape index (κ2) is 11.6. The monoisotopic (exact) mass is 197 g/mol. The molecule has 0 aromatic heterocycles. The molecule has 0 aliphatic carbocycles. The third kappa shape index (κ3) is 10.7. The summed E-state index contributed by atoms with van der Waals surface area (Å²) in [4.78, 5) is 10.1. The van der Waals surface area contributed by atoms with Crippen LogP contribution in [-0.4, -0.2) is 19.6 Å². The summed E-state index contributed by atoms with van der Waals surface area (Å²) in [5, 5.41) is 0. The molecule has 0 unspecified atom stereocenters. The molecule has 80 valence electrons. The van der Waals surface area contributed by atoms with Crippen LogP contribution in [0.1, 0.15) is 13.8 Å². The quantitative estimate of drug-likeness (QED) is 0.736. The Kier molecular flexibility index (Phi) is 12.6. The highest BCUT2D eigenvalue weighted by molar-refractivity contribution is 5.69. The largest absolute Gasteiger partial charge is 0.469 e. The lowest BCUT2D eigenvalue weighted by molar-refractivity contribution is -0.140. The first-order chi connectivity index (χ1) is 6.31. The number of carbonyl (C=O) groups is 1. The number of esters is 1. The van der Waals surface area contributed by atoms with Crippen LogP contribution in [0, 0.1) is 0 Å². The van der Waals surface area contributed by atoms with Crippen molar-refractivity contribution in [2.45, 2.75) is 13.8 Å². The van der Waals surface area contributed by atoms with Gasteiger partial charge in [-0.05, 0) is 0 Å². The number of ether oxygens (including phenoxy) is 1. The van der Waals surface area contributed by atoms with E-state index in [1.165, 1.54) is 7.11 Å². The first-order valence-electron chi connectivity index (χ1n) is 4.08. The van der Waals surface area contributed by atoms with E-state index in [1.54, 1.807) is 0 Å². The molecule has 1 aromatic carbocycles. The van der Waals surface area contributed by atoms with Gasteiger partial charge in [-0.2, -0.15) is 0 Å². The number of methoxy groups -OCH3 is 1. The highest BCUT2D eigenvalue weighted by atomic mass is 16.5. The van der Waals surface area contributed by atoms with Crippen molar-refractivity contribution in [1.29, 1.82) is 0 Å². The lowest BCUT2D eigenvalue weighted by atomic mass is 10.4. The second-order valence-electron chi connectivity index (χ2n) is 2.27. The fourth-order valence-corrected chi connectivity index (χ4v) is 0.605. The Morgan fingerprint density at radius 2 is 1.50 bits per heavy atom. The SMILES string of the molecule is C.COC(=O)CCN.c1ccccc1. The van der Waals surface area contributed by atoms with Gasteiger partial charge in [-0.25, -0.2) is 0 Å². The molecule has 2 N–H and O–H groups in total. The first-order valence-corrected chi connectivity index (χ1v) is 4.08. The van der Waals surface area contributed by atoms with E-state index in [0.717, 1.165) is 0 Å². The van der Waals surface area contributed by atoms with Crippen molar-refractivity contribution in [2.24, 2.45) is 5.73 Å². The molecule has 14 heavy (non-hydrogen) atoms. The minimum atomic E-state index is -0.248. The molecule has 1 aromatic rings. The standard InChI is InChI=1S/C6H6.C4H9NO2.CH4/c1-2-4-6-5-3-1;1-7-4(6)2-3-5;/h1-6H;2-3,5H2,1H3;1H4. The van der Waals surface area contributed by atoms with Crippen LogP contribution in [0.3, 0.4) is 0 Å². The minimum Gasteiger partial charge on any atom is -0.469 e. The normalized spacial score (nSPS) is 7.57. The summed E-state index contributed by atoms with van der Waals surface area (Å²) in [7, 11) is 1.35. The van der Waals surface area contributed by atoms with Gasteiger partial charge in [0.05, 0.1) is 13.5 Å². The highest BCUT2D eigenvalue weighted by Crippen LogP contribution is 1.80. The maximum absolute atomic E-state index is 10.1. The number of rotatable bonds is 2. The van der Waals surface area contributed by atoms with E-state index in [4.69, 9.17) is 5.73 Å². The Labute approximate surface area is 85.9 Å². The summed E-state index contributed by atoms with van der Waals surface area (Å²) in [6, 6.07) is 12.0. The van der Waals surface area contributed by atoms with E-state index in [9.17, 15) is 4.79 Å². The maximum atomic E-state index is 10.1. The first kappa shape index (κ1) is 15.1. The average molecular weight is 197 g/mol. The van der Waals surface area contributed by atoms with Crippen LogP contribution in [0.4, 0.5) is 0 Å². The molecular weight excluding hydrogens is 178 g/mol. The number of benzene rings is 1. The van der Waals surface area contributed by atoms with E-state index in [2.05, 4.69) is 4.74 Å². The molecular formula is C11H19NO2. The van der Waals surface area contributed by atoms with Gasteiger partial charge in [-0.15, -0.1) is 0 Å². The molecule has 0 aliphatic heterocycles. The third-order valence-corrected chi connectivity index (χ3v) is 1.24. The lowest BCUT2D eigenvalue weighted by Crippen LogP contribution is -2.08. The lowest BCUT2D eigenvalue weighted by Gasteiger charge is -1.91. The molecule has 0 atom stereocenters. The van der Waals surface area contributed by atoms with E-state index >= 15 is 0 Å². The second-order valence-corrected chi connectivity index (χ2v) is 2.27. The van der Waals surface area contributed by atoms with Gasteiger partial charge in [0.25, 0.3) is 0 Å². The van der Waals surface area contributed by atoms with E-state index in [-0.39, 0.29) is 13.4 Å². The predicted molar refractivity (Wildman–Crippen MR) is 58.9 cm³/mol. The Bertz CT molecular complexity index is 185. The van der Waals surface area contributed by atoms with Gasteiger partial charge in [-0.3, -0.25) is 4.79 Å². The van der Waals surface area contributed by atoms with Gasteiger partial charge in [0.1, 0.15) is 0 Å². The van der Waals surface area contributed by atoms with Gasteiger partial charge in [0.2, 0.25) is 0 Å². The van der Waals surface area contributed by atoms with Crippen molar-refractivity contribution < 1.29 is 9.53 Å². The predicted octanol–water partition coefficient (Wildman–Crippen LogP) is 1.83. The third-order valence-electron chi connectivity index (χ3n) is 1.24. The van der Waals surface area contributed by atoms with Crippen molar-refractivity contribution in [3.05, 3.63) is 36.4 Å². The Balaban J connectivity index is 0. The van der Waals surface area contributed by atoms with Crippen molar-refractivity contribution in [2.75, 3.05) is 13.7 Å². The Hall–Kier alpha value is -1.35. The fraction of sp³-hybridized carbons (Fsp3) is 0.364. The van der Waals surface area contributed by atoms with Crippen LogP contribution in [0.25, 0.3) is 0 Å². The minimum absolute atomic E-state index is 0. The summed E-state index contributed by atoms with van der Waals surface area (Å²) in [6.45, 7) is 0.368. The Morgan fingerprint density at radius 3 is 1.64 bits per heavy atom. The molecule has 0 bridgehead atoms. The van der Waals surface area contributed by atoms with Gasteiger partial charge in [-0.1, -0.05) is 43.8 Å². The van der Waals surface area contributed by atoms with Crippen LogP contribution in [0.15, 0.2) is 36.4 Å². The van der Waals surface area contributed by atoms with Gasteiger partial charge >= 0.3 is 5.97 Å². The molecule has 0 spiro atoms. The number of carbonyl (C=O) groups excluding carboxylic acids is 1. The molecule has 1 rings (SSSR count). The fourth-order valence-electron chi connectivity index (χ4n) is 0.605. The van der Waals surface area contributed by atoms with Crippen molar-refractivity contribution >= 4 is 5.97 Å². The molecule has 0 aliphatic rings. The zero-order valence-electron chi connectivity index (χ0n) is 7.77. The van der Waals surface area contributed by atoms with Crippen LogP contribution in [0.2, 0.25) is 0 Å². The molecule has 0 heterocycles. The van der Waals surface area contributed by atoms with Crippen LogP contribution < -0.4 is 5.73 Å². The summed E-state index contributed by atoms with van der Waals surface area (Å²) in [5.41, 5.74) is 5.00. The number of nitrogens with two attached hydrogens (primary N) is 1. The number of hydrogen-bond acceptors (Lipinski definition) is 3. The topological polar surface area (TPSA) is 52.3 Å². The molecule has 0 saturated heterocycles. The van der Waals surface area contributed by atoms with E-state index in [0.29, 0.717) is 13.0 Å². The molecule has 0 radical (unpaired) electrons. The smallest absolute Gasteiger partial charge is 0.306 e. The molecule has 3 nitrogen and oxygen atoms in total. The molecule has 0 amide bonds. The molecule has 0 saturated carbocycles. The van der Waals surface area contributed by atoms with Crippen LogP contribution in [-0.2, 0) is 9.53 Å². The number of hydrogen-bond donors (Lipinski definition) is 1. The van der Waals surface area contributed by atoms with Crippen LogP contribution in [0.5, 0.6) is 0 Å². The Morgan fingerprint density at radius 1 is 1.14 bits per heavy atom. The van der Waals surface area contributed by atoms with E-state index < -0.39 is 0 Å². The maximum Gasteiger partial charge on any atom is 0.306 e. The molecule has 0 fully saturated rings. The van der Waals surface area contributed by atoms with Crippen molar-refractivity contribution in [3.8, 4) is 0 Å². The van der Waals surface area contributed by atoms with E-state index in [1.807, 2.05) is 36.4 Å². The van der Waals surface area contributed by atoms with Gasteiger partial charge < -0.3 is 10.5 Å². The summed E-state index contributed by atoms with van der Waals surface area (Å²) in [5.74, 6) is -0.248.